The molecule has 1 aliphatic carbocycles. The minimum atomic E-state index is -0.790. The summed E-state index contributed by atoms with van der Waals surface area (Å²) in [5, 5.41) is 23.1. The molecule has 1 aliphatic rings. The Labute approximate surface area is 189 Å². The molecular formula is C27H22N2O4. The van der Waals surface area contributed by atoms with Crippen LogP contribution in [0.5, 0.6) is 0 Å². The zero-order valence-electron chi connectivity index (χ0n) is 18.2. The zero-order valence-corrected chi connectivity index (χ0v) is 18.2. The zero-order chi connectivity index (χ0) is 23.3. The van der Waals surface area contributed by atoms with Crippen LogP contribution in [0.3, 0.4) is 0 Å². The van der Waals surface area contributed by atoms with Crippen molar-refractivity contribution in [3.05, 3.63) is 94.7 Å². The molecule has 0 saturated carbocycles. The number of nitrogens with one attached hydrogen (secondary N) is 2. The van der Waals surface area contributed by atoms with Crippen LogP contribution in [-0.4, -0.2) is 31.7 Å². The summed E-state index contributed by atoms with van der Waals surface area (Å²) >= 11 is 0. The van der Waals surface area contributed by atoms with Gasteiger partial charge in [0.15, 0.2) is 11.5 Å². The van der Waals surface area contributed by atoms with Crippen LogP contribution in [0.1, 0.15) is 30.5 Å². The maximum Gasteiger partial charge on any atom is 0.232 e. The lowest BCUT2D eigenvalue weighted by Crippen LogP contribution is -2.22. The minimum Gasteiger partial charge on any atom is -0.504 e. The molecule has 0 fully saturated rings. The third kappa shape index (κ3) is 3.27. The van der Waals surface area contributed by atoms with Crippen molar-refractivity contribution in [2.75, 3.05) is 0 Å². The molecule has 6 heteroatoms. The highest BCUT2D eigenvalue weighted by Gasteiger charge is 2.38. The third-order valence-electron chi connectivity index (χ3n) is 5.98. The number of aliphatic hydroxyl groups excluding tert-OH is 2. The number of para-hydroxylation sites is 1. The van der Waals surface area contributed by atoms with Crippen molar-refractivity contribution in [1.82, 2.24) is 9.97 Å². The average molecular weight is 438 g/mol. The Kier molecular flexibility index (Phi) is 4.78. The fourth-order valence-electron chi connectivity index (χ4n) is 4.28. The summed E-state index contributed by atoms with van der Waals surface area (Å²) in [6.45, 7) is 4.05. The maximum absolute atomic E-state index is 13.3. The largest absolute Gasteiger partial charge is 0.504 e. The summed E-state index contributed by atoms with van der Waals surface area (Å²) < 4.78 is 0. The first-order valence-corrected chi connectivity index (χ1v) is 10.6. The SMILES string of the molecule is CC(C)=CCc1ccc2[nH]cc(C3=C(O)C(=O)C(c4c[nH]c5ccccc45)=C(O)C3=O)c2c1. The number of Topliss-reactive ketones (excluding diaryl/α,β-unsaturated/α-hetero) is 2. The Morgan fingerprint density at radius 3 is 2.03 bits per heavy atom. The number of carbonyl (C=O) groups is 2. The number of benzene rings is 2. The third-order valence-corrected chi connectivity index (χ3v) is 5.98. The number of fused-ring (bicyclic) bond motifs is 2. The Hall–Kier alpha value is -4.32. The number of carbonyl (C=O) groups excluding carboxylic acids is 2. The van der Waals surface area contributed by atoms with Crippen molar-refractivity contribution in [2.24, 2.45) is 0 Å². The normalized spacial score (nSPS) is 14.6. The van der Waals surface area contributed by atoms with Gasteiger partial charge in [-0.05, 0) is 44.0 Å². The molecule has 4 N–H and O–H groups in total. The molecule has 0 saturated heterocycles. The molecule has 0 amide bonds. The van der Waals surface area contributed by atoms with Crippen molar-refractivity contribution < 1.29 is 19.8 Å². The van der Waals surface area contributed by atoms with Crippen LogP contribution in [0.4, 0.5) is 0 Å². The Morgan fingerprint density at radius 2 is 1.39 bits per heavy atom. The number of allylic oxidation sites excluding steroid dienone is 4. The molecule has 0 atom stereocenters. The van der Waals surface area contributed by atoms with Crippen molar-refractivity contribution in [3.8, 4) is 0 Å². The van der Waals surface area contributed by atoms with Crippen LogP contribution in [0.2, 0.25) is 0 Å². The monoisotopic (exact) mass is 438 g/mol. The van der Waals surface area contributed by atoms with Gasteiger partial charge in [0.1, 0.15) is 0 Å². The second-order valence-electron chi connectivity index (χ2n) is 8.42. The lowest BCUT2D eigenvalue weighted by Gasteiger charge is -2.17. The van der Waals surface area contributed by atoms with Crippen LogP contribution in [-0.2, 0) is 16.0 Å². The molecule has 6 nitrogen and oxygen atoms in total. The number of hydrogen-bond donors (Lipinski definition) is 4. The summed E-state index contributed by atoms with van der Waals surface area (Å²) in [4.78, 5) is 32.6. The van der Waals surface area contributed by atoms with Gasteiger partial charge in [0.05, 0.1) is 11.1 Å². The van der Waals surface area contributed by atoms with E-state index < -0.39 is 23.1 Å². The quantitative estimate of drug-likeness (QED) is 0.248. The van der Waals surface area contributed by atoms with Gasteiger partial charge in [-0.25, -0.2) is 0 Å². The number of aliphatic hydroxyl groups is 2. The van der Waals surface area contributed by atoms with Crippen LogP contribution in [0.15, 0.2) is 78.0 Å². The standard InChI is InChI=1S/C27H22N2O4/c1-14(2)7-8-15-9-10-21-17(11-15)19(13-29-21)23-26(32)24(30)22(25(31)27(23)33)18-12-28-20-6-4-3-5-16(18)20/h3-7,9-13,28-30,33H,8H2,1-2H3. The summed E-state index contributed by atoms with van der Waals surface area (Å²) in [6, 6.07) is 13.0. The van der Waals surface area contributed by atoms with E-state index in [0.717, 1.165) is 23.0 Å². The van der Waals surface area contributed by atoms with E-state index in [0.29, 0.717) is 21.9 Å². The lowest BCUT2D eigenvalue weighted by atomic mass is 9.86. The second-order valence-corrected chi connectivity index (χ2v) is 8.42. The van der Waals surface area contributed by atoms with Gasteiger partial charge in [-0.2, -0.15) is 0 Å². The van der Waals surface area contributed by atoms with Crippen LogP contribution in [0, 0.1) is 0 Å². The van der Waals surface area contributed by atoms with Gasteiger partial charge >= 0.3 is 0 Å². The van der Waals surface area contributed by atoms with E-state index in [2.05, 4.69) is 16.0 Å². The Morgan fingerprint density at radius 1 is 0.818 bits per heavy atom. The molecule has 2 aromatic heterocycles. The molecule has 4 aromatic rings. The molecular weight excluding hydrogens is 416 g/mol. The van der Waals surface area contributed by atoms with Crippen LogP contribution in [0.25, 0.3) is 33.0 Å². The highest BCUT2D eigenvalue weighted by atomic mass is 16.3. The predicted molar refractivity (Wildman–Crippen MR) is 129 cm³/mol. The first-order valence-electron chi connectivity index (χ1n) is 10.6. The van der Waals surface area contributed by atoms with E-state index in [1.54, 1.807) is 24.5 Å². The molecule has 0 aliphatic heterocycles. The fourth-order valence-corrected chi connectivity index (χ4v) is 4.28. The van der Waals surface area contributed by atoms with Crippen molar-refractivity contribution >= 4 is 44.5 Å². The average Bonchev–Trinajstić information content (AvgIpc) is 3.41. The van der Waals surface area contributed by atoms with Gasteiger partial charge < -0.3 is 20.2 Å². The summed E-state index contributed by atoms with van der Waals surface area (Å²) in [7, 11) is 0. The molecule has 164 valence electrons. The minimum absolute atomic E-state index is 0.202. The summed E-state index contributed by atoms with van der Waals surface area (Å²) in [6.07, 6.45) is 5.95. The van der Waals surface area contributed by atoms with Crippen LogP contribution < -0.4 is 0 Å². The number of rotatable bonds is 4. The lowest BCUT2D eigenvalue weighted by molar-refractivity contribution is -0.116. The fraction of sp³-hybridized carbons (Fsp3) is 0.111. The first-order chi connectivity index (χ1) is 15.9. The van der Waals surface area contributed by atoms with E-state index in [-0.39, 0.29) is 11.1 Å². The first kappa shape index (κ1) is 20.6. The van der Waals surface area contributed by atoms with Gasteiger partial charge in [-0.3, -0.25) is 9.59 Å². The van der Waals surface area contributed by atoms with Crippen molar-refractivity contribution in [3.63, 3.8) is 0 Å². The van der Waals surface area contributed by atoms with Crippen molar-refractivity contribution in [1.29, 1.82) is 0 Å². The molecule has 2 aromatic carbocycles. The number of ketones is 2. The van der Waals surface area contributed by atoms with E-state index >= 15 is 0 Å². The molecule has 0 radical (unpaired) electrons. The molecule has 0 unspecified atom stereocenters. The Bertz CT molecular complexity index is 1560. The molecule has 0 spiro atoms. The van der Waals surface area contributed by atoms with Gasteiger partial charge in [0, 0.05) is 45.3 Å². The van der Waals surface area contributed by atoms with E-state index in [1.807, 2.05) is 44.2 Å². The topological polar surface area (TPSA) is 106 Å². The highest BCUT2D eigenvalue weighted by molar-refractivity contribution is 6.48. The maximum atomic E-state index is 13.3. The van der Waals surface area contributed by atoms with Crippen molar-refractivity contribution in [2.45, 2.75) is 20.3 Å². The van der Waals surface area contributed by atoms with Gasteiger partial charge in [-0.15, -0.1) is 0 Å². The number of aromatic amines is 2. The number of hydrogen-bond acceptors (Lipinski definition) is 4. The van der Waals surface area contributed by atoms with Crippen LogP contribution >= 0.6 is 0 Å². The predicted octanol–water partition coefficient (Wildman–Crippen LogP) is 5.55. The molecule has 5 rings (SSSR count). The summed E-state index contributed by atoms with van der Waals surface area (Å²) in [5.41, 5.74) is 4.07. The van der Waals surface area contributed by atoms with Gasteiger partial charge in [0.2, 0.25) is 11.6 Å². The van der Waals surface area contributed by atoms with Gasteiger partial charge in [-0.1, -0.05) is 35.9 Å². The molecule has 33 heavy (non-hydrogen) atoms. The number of H-pyrrole nitrogens is 2. The van der Waals surface area contributed by atoms with E-state index in [9.17, 15) is 19.8 Å². The van der Waals surface area contributed by atoms with E-state index in [1.165, 1.54) is 5.57 Å². The number of aromatic nitrogens is 2. The highest BCUT2D eigenvalue weighted by Crippen LogP contribution is 2.38. The second kappa shape index (κ2) is 7.67. The van der Waals surface area contributed by atoms with Gasteiger partial charge in [0.25, 0.3) is 0 Å². The van der Waals surface area contributed by atoms with E-state index in [4.69, 9.17) is 0 Å². The molecule has 2 heterocycles. The smallest absolute Gasteiger partial charge is 0.232 e. The Balaban J connectivity index is 1.63. The molecule has 0 bridgehead atoms. The summed E-state index contributed by atoms with van der Waals surface area (Å²) in [5.74, 6) is -2.92.